The first-order valence-electron chi connectivity index (χ1n) is 12.7. The highest BCUT2D eigenvalue weighted by molar-refractivity contribution is 5.88. The van der Waals surface area contributed by atoms with E-state index >= 15 is 0 Å². The van der Waals surface area contributed by atoms with Crippen molar-refractivity contribution in [2.24, 2.45) is 0 Å². The first-order valence-corrected chi connectivity index (χ1v) is 12.7. The fourth-order valence-corrected chi connectivity index (χ4v) is 5.01. The van der Waals surface area contributed by atoms with E-state index in [-0.39, 0.29) is 28.2 Å². The molecule has 3 heterocycles. The molecule has 0 bridgehead atoms. The molecule has 10 atom stereocenters. The van der Waals surface area contributed by atoms with Gasteiger partial charge < -0.3 is 64.6 Å². The maximum atomic E-state index is 13.2. The zero-order valence-electron chi connectivity index (χ0n) is 21.5. The van der Waals surface area contributed by atoms with Crippen LogP contribution in [0.5, 0.6) is 17.2 Å². The highest BCUT2D eigenvalue weighted by atomic mass is 16.7. The van der Waals surface area contributed by atoms with Crippen LogP contribution in [-0.2, 0) is 9.47 Å². The predicted molar refractivity (Wildman–Crippen MR) is 137 cm³/mol. The number of phenolic OH excluding ortho intramolecular Hbond substituents is 2. The molecule has 3 aromatic rings. The van der Waals surface area contributed by atoms with Crippen LogP contribution in [0.2, 0.25) is 0 Å². The Bertz CT molecular complexity index is 1450. The van der Waals surface area contributed by atoms with Gasteiger partial charge in [-0.3, -0.25) is 4.79 Å². The molecule has 2 aromatic carbocycles. The van der Waals surface area contributed by atoms with Gasteiger partial charge in [-0.1, -0.05) is 0 Å². The largest absolute Gasteiger partial charge is 0.508 e. The zero-order valence-corrected chi connectivity index (χ0v) is 21.5. The summed E-state index contributed by atoms with van der Waals surface area (Å²) in [5.74, 6) is -1.16. The second-order valence-corrected chi connectivity index (χ2v) is 10.1. The molecule has 2 saturated heterocycles. The van der Waals surface area contributed by atoms with E-state index in [0.29, 0.717) is 5.56 Å². The van der Waals surface area contributed by atoms with Crippen LogP contribution in [0.4, 0.5) is 0 Å². The van der Waals surface area contributed by atoms with Crippen molar-refractivity contribution in [1.29, 1.82) is 0 Å². The number of phenols is 2. The summed E-state index contributed by atoms with van der Waals surface area (Å²) in [6, 6.07) is 7.93. The summed E-state index contributed by atoms with van der Waals surface area (Å²) >= 11 is 0. The SMILES string of the molecule is C[C@H]1O[C@H](Oc2cc3oc(-c4ccc(O)cc4)cc(=O)c3c(O)c2[C@H]2O[C@H](CO)[C@H](O)[C@@H](O)[C@H]2O)[C@@H](O)[C@H](O)[C@H]1O. The lowest BCUT2D eigenvalue weighted by atomic mass is 9.89. The van der Waals surface area contributed by atoms with Crippen LogP contribution in [0.3, 0.4) is 0 Å². The van der Waals surface area contributed by atoms with Crippen molar-refractivity contribution < 1.29 is 64.6 Å². The molecule has 0 spiro atoms. The van der Waals surface area contributed by atoms with Gasteiger partial charge in [0.2, 0.25) is 6.29 Å². The molecule has 14 heteroatoms. The summed E-state index contributed by atoms with van der Waals surface area (Å²) in [6.45, 7) is 0.631. The molecule has 0 radical (unpaired) electrons. The minimum absolute atomic E-state index is 0.0260. The van der Waals surface area contributed by atoms with Gasteiger partial charge in [-0.25, -0.2) is 0 Å². The molecule has 5 rings (SSSR count). The van der Waals surface area contributed by atoms with E-state index < -0.39 is 84.6 Å². The standard InChI is InChI=1S/C27H30O14/c1-9-19(31)22(34)25(37)27(38-9)41-15-7-14-17(12(30)6-13(39-14)10-2-4-11(29)5-3-10)21(33)18(15)26-24(36)23(35)20(32)16(8-28)40-26/h2-7,9,16,19-20,22-29,31-37H,8H2,1H3/t9-,16-,19+,20+,22-,23-,24-,25+,26-,27-/m1/s1. The fourth-order valence-electron chi connectivity index (χ4n) is 5.01. The summed E-state index contributed by atoms with van der Waals surface area (Å²) in [5.41, 5.74) is -0.965. The maximum absolute atomic E-state index is 13.2. The van der Waals surface area contributed by atoms with E-state index in [9.17, 15) is 50.8 Å². The number of ether oxygens (including phenoxy) is 3. The normalized spacial score (nSPS) is 34.0. The number of benzene rings is 2. The fraction of sp³-hybridized carbons (Fsp3) is 0.444. The molecule has 0 unspecified atom stereocenters. The van der Waals surface area contributed by atoms with E-state index in [1.165, 1.54) is 31.2 Å². The van der Waals surface area contributed by atoms with Gasteiger partial charge in [-0.15, -0.1) is 0 Å². The highest BCUT2D eigenvalue weighted by Gasteiger charge is 2.48. The van der Waals surface area contributed by atoms with Crippen LogP contribution in [0, 0.1) is 0 Å². The second kappa shape index (κ2) is 11.2. The predicted octanol–water partition coefficient (Wildman–Crippen LogP) is -1.41. The highest BCUT2D eigenvalue weighted by Crippen LogP contribution is 2.46. The number of aliphatic hydroxyl groups is 7. The van der Waals surface area contributed by atoms with Gasteiger partial charge in [0, 0.05) is 17.7 Å². The van der Waals surface area contributed by atoms with Crippen molar-refractivity contribution in [2.45, 2.75) is 68.1 Å². The molecular weight excluding hydrogens is 548 g/mol. The molecule has 2 aliphatic heterocycles. The molecule has 0 aliphatic carbocycles. The Labute approximate surface area is 231 Å². The van der Waals surface area contributed by atoms with Crippen molar-refractivity contribution in [1.82, 2.24) is 0 Å². The summed E-state index contributed by atoms with van der Waals surface area (Å²) in [5, 5.41) is 92.5. The van der Waals surface area contributed by atoms with Gasteiger partial charge >= 0.3 is 0 Å². The number of rotatable bonds is 5. The van der Waals surface area contributed by atoms with E-state index in [0.717, 1.165) is 12.1 Å². The minimum atomic E-state index is -1.90. The molecule has 1 aromatic heterocycles. The van der Waals surface area contributed by atoms with E-state index in [1.807, 2.05) is 0 Å². The average Bonchev–Trinajstić information content (AvgIpc) is 2.94. The minimum Gasteiger partial charge on any atom is -0.508 e. The quantitative estimate of drug-likeness (QED) is 0.169. The van der Waals surface area contributed by atoms with Crippen LogP contribution < -0.4 is 10.2 Å². The second-order valence-electron chi connectivity index (χ2n) is 10.1. The monoisotopic (exact) mass is 578 g/mol. The third-order valence-electron chi connectivity index (χ3n) is 7.37. The van der Waals surface area contributed by atoms with E-state index in [4.69, 9.17) is 18.6 Å². The molecule has 2 fully saturated rings. The Balaban J connectivity index is 1.69. The lowest BCUT2D eigenvalue weighted by Crippen LogP contribution is -2.58. The van der Waals surface area contributed by atoms with Gasteiger partial charge in [0.1, 0.15) is 82.8 Å². The first-order chi connectivity index (χ1) is 19.4. The molecule has 14 nitrogen and oxygen atoms in total. The smallest absolute Gasteiger partial charge is 0.229 e. The van der Waals surface area contributed by atoms with Crippen LogP contribution >= 0.6 is 0 Å². The third kappa shape index (κ3) is 5.14. The number of hydrogen-bond acceptors (Lipinski definition) is 14. The average molecular weight is 579 g/mol. The van der Waals surface area contributed by atoms with Gasteiger partial charge in [0.15, 0.2) is 5.43 Å². The van der Waals surface area contributed by atoms with E-state index in [2.05, 4.69) is 0 Å². The summed E-state index contributed by atoms with van der Waals surface area (Å²) < 4.78 is 22.8. The van der Waals surface area contributed by atoms with Gasteiger partial charge in [0.05, 0.1) is 18.3 Å². The number of aliphatic hydroxyl groups excluding tert-OH is 7. The topological polar surface area (TPSA) is 240 Å². The lowest BCUT2D eigenvalue weighted by molar-refractivity contribution is -0.269. The van der Waals surface area contributed by atoms with Crippen molar-refractivity contribution in [2.75, 3.05) is 6.61 Å². The summed E-state index contributed by atoms with van der Waals surface area (Å²) in [7, 11) is 0. The Morgan fingerprint density at radius 1 is 0.829 bits per heavy atom. The van der Waals surface area contributed by atoms with Gasteiger partial charge in [0.25, 0.3) is 0 Å². The van der Waals surface area contributed by atoms with Crippen molar-refractivity contribution in [3.8, 4) is 28.6 Å². The molecular formula is C27H30O14. The first kappa shape index (κ1) is 29.2. The Hall–Kier alpha value is -3.31. The molecule has 9 N–H and O–H groups in total. The molecule has 0 saturated carbocycles. The number of aromatic hydroxyl groups is 2. The Morgan fingerprint density at radius 2 is 1.49 bits per heavy atom. The van der Waals surface area contributed by atoms with Crippen molar-refractivity contribution in [3.63, 3.8) is 0 Å². The third-order valence-corrected chi connectivity index (χ3v) is 7.37. The maximum Gasteiger partial charge on any atom is 0.229 e. The Kier molecular flexibility index (Phi) is 7.95. The molecule has 2 aliphatic rings. The van der Waals surface area contributed by atoms with Crippen LogP contribution in [0.25, 0.3) is 22.3 Å². The molecule has 41 heavy (non-hydrogen) atoms. The van der Waals surface area contributed by atoms with Crippen molar-refractivity contribution in [3.05, 3.63) is 52.2 Å². The van der Waals surface area contributed by atoms with Crippen LogP contribution in [0.1, 0.15) is 18.6 Å². The Morgan fingerprint density at radius 3 is 2.15 bits per heavy atom. The zero-order chi connectivity index (χ0) is 29.7. The van der Waals surface area contributed by atoms with E-state index in [1.54, 1.807) is 0 Å². The van der Waals surface area contributed by atoms with Crippen molar-refractivity contribution >= 4 is 11.0 Å². The summed E-state index contributed by atoms with van der Waals surface area (Å²) in [4.78, 5) is 13.2. The van der Waals surface area contributed by atoms with Gasteiger partial charge in [-0.2, -0.15) is 0 Å². The lowest BCUT2D eigenvalue weighted by Gasteiger charge is -2.42. The molecule has 0 amide bonds. The summed E-state index contributed by atoms with van der Waals surface area (Å²) in [6.07, 6.45) is -16.1. The number of fused-ring (bicyclic) bond motifs is 1. The van der Waals surface area contributed by atoms with Crippen LogP contribution in [-0.4, -0.2) is 108 Å². The number of hydrogen-bond donors (Lipinski definition) is 9. The molecule has 222 valence electrons. The van der Waals surface area contributed by atoms with Crippen LogP contribution in [0.15, 0.2) is 45.6 Å². The van der Waals surface area contributed by atoms with Gasteiger partial charge in [-0.05, 0) is 31.2 Å².